The Morgan fingerprint density at radius 2 is 2.12 bits per heavy atom. The number of halogens is 5. The van der Waals surface area contributed by atoms with E-state index in [1.54, 1.807) is 0 Å². The summed E-state index contributed by atoms with van der Waals surface area (Å²) in [6.07, 6.45) is -5.12. The van der Waals surface area contributed by atoms with E-state index >= 15 is 0 Å². The molecule has 0 fully saturated rings. The molecule has 0 bridgehead atoms. The lowest BCUT2D eigenvalue weighted by molar-refractivity contribution is -0.393. The lowest BCUT2D eigenvalue weighted by atomic mass is 10.3. The van der Waals surface area contributed by atoms with Crippen molar-refractivity contribution in [1.29, 1.82) is 0 Å². The number of alkyl halides is 4. The predicted octanol–water partition coefficient (Wildman–Crippen LogP) is 2.92. The van der Waals surface area contributed by atoms with Crippen LogP contribution in [0.5, 0.6) is 5.75 Å². The number of nitrogens with zero attached hydrogens (tertiary/aromatic N) is 2. The molecule has 0 unspecified atom stereocenters. The molecule has 1 aromatic rings. The van der Waals surface area contributed by atoms with Gasteiger partial charge in [-0.2, -0.15) is 4.39 Å². The van der Waals surface area contributed by atoms with E-state index < -0.39 is 28.8 Å². The van der Waals surface area contributed by atoms with Crippen LogP contribution in [0.4, 0.5) is 23.4 Å². The van der Waals surface area contributed by atoms with Gasteiger partial charge < -0.3 is 14.9 Å². The molecule has 17 heavy (non-hydrogen) atoms. The van der Waals surface area contributed by atoms with E-state index in [9.17, 15) is 27.7 Å². The van der Waals surface area contributed by atoms with Gasteiger partial charge in [0, 0.05) is 17.0 Å². The maximum absolute atomic E-state index is 13.0. The second kappa shape index (κ2) is 4.82. The lowest BCUT2D eigenvalue weighted by Crippen LogP contribution is -2.18. The van der Waals surface area contributed by atoms with Crippen molar-refractivity contribution >= 4 is 21.7 Å². The molecule has 0 saturated heterocycles. The molecule has 0 aliphatic carbocycles. The van der Waals surface area contributed by atoms with Gasteiger partial charge in [-0.15, -0.1) is 13.2 Å². The second-order valence-corrected chi connectivity index (χ2v) is 3.26. The molecule has 0 spiro atoms. The molecule has 0 amide bonds. The molecule has 1 heterocycles. The highest BCUT2D eigenvalue weighted by molar-refractivity contribution is 9.08. The molecule has 0 aliphatic rings. The van der Waals surface area contributed by atoms with Gasteiger partial charge in [0.2, 0.25) is 5.75 Å². The van der Waals surface area contributed by atoms with Crippen LogP contribution in [0.2, 0.25) is 0 Å². The van der Waals surface area contributed by atoms with E-state index in [1.807, 2.05) is 0 Å². The summed E-state index contributed by atoms with van der Waals surface area (Å²) in [5.74, 6) is -3.72. The van der Waals surface area contributed by atoms with Crippen molar-refractivity contribution < 1.29 is 27.2 Å². The zero-order valence-electron chi connectivity index (χ0n) is 7.79. The summed E-state index contributed by atoms with van der Waals surface area (Å²) in [7, 11) is 0. The van der Waals surface area contributed by atoms with Gasteiger partial charge in [0.25, 0.3) is 0 Å². The number of pyridine rings is 1. The van der Waals surface area contributed by atoms with Gasteiger partial charge >= 0.3 is 18.1 Å². The summed E-state index contributed by atoms with van der Waals surface area (Å²) in [6, 6.07) is 0.572. The van der Waals surface area contributed by atoms with Crippen LogP contribution in [0.25, 0.3) is 0 Å². The minimum atomic E-state index is -5.12. The average molecular weight is 319 g/mol. The van der Waals surface area contributed by atoms with Gasteiger partial charge in [0.1, 0.15) is 0 Å². The molecule has 0 aliphatic heterocycles. The molecule has 0 radical (unpaired) electrons. The molecule has 0 atom stereocenters. The van der Waals surface area contributed by atoms with Gasteiger partial charge in [-0.3, -0.25) is 0 Å². The zero-order chi connectivity index (χ0) is 13.2. The maximum atomic E-state index is 13.0. The summed E-state index contributed by atoms with van der Waals surface area (Å²) in [5, 5.41) is 10.2. The van der Waals surface area contributed by atoms with E-state index in [0.717, 1.165) is 0 Å². The van der Waals surface area contributed by atoms with Crippen LogP contribution in [0.3, 0.4) is 0 Å². The first-order valence-electron chi connectivity index (χ1n) is 3.90. The topological polar surface area (TPSA) is 65.3 Å². The quantitative estimate of drug-likeness (QED) is 0.282. The summed E-state index contributed by atoms with van der Waals surface area (Å²) < 4.78 is 52.3. The molecule has 5 nitrogen and oxygen atoms in total. The fourth-order valence-electron chi connectivity index (χ4n) is 0.927. The molecule has 94 valence electrons. The molecular formula is C7H3BrF4N2O3. The molecule has 0 saturated carbocycles. The number of hydrogen-bond donors (Lipinski definition) is 0. The Kier molecular flexibility index (Phi) is 3.86. The van der Waals surface area contributed by atoms with Crippen molar-refractivity contribution in [2.45, 2.75) is 11.7 Å². The van der Waals surface area contributed by atoms with E-state index in [0.29, 0.717) is 6.07 Å². The van der Waals surface area contributed by atoms with E-state index in [1.165, 1.54) is 0 Å². The Morgan fingerprint density at radius 1 is 1.53 bits per heavy atom. The highest BCUT2D eigenvalue weighted by atomic mass is 79.9. The Hall–Kier alpha value is -1.45. The SMILES string of the molecule is O=[N+]([O-])c1nc(F)c(CBr)cc1OC(F)(F)F. The van der Waals surface area contributed by atoms with Crippen molar-refractivity contribution in [3.8, 4) is 5.75 Å². The predicted molar refractivity (Wildman–Crippen MR) is 50.2 cm³/mol. The van der Waals surface area contributed by atoms with Crippen LogP contribution in [0.15, 0.2) is 6.07 Å². The number of rotatable bonds is 3. The molecular weight excluding hydrogens is 316 g/mol. The zero-order valence-corrected chi connectivity index (χ0v) is 9.38. The van der Waals surface area contributed by atoms with Gasteiger partial charge in [-0.05, 0) is 9.91 Å². The highest BCUT2D eigenvalue weighted by Crippen LogP contribution is 2.32. The second-order valence-electron chi connectivity index (χ2n) is 2.70. The monoisotopic (exact) mass is 318 g/mol. The molecule has 0 aromatic carbocycles. The van der Waals surface area contributed by atoms with Crippen molar-refractivity contribution in [1.82, 2.24) is 4.98 Å². The van der Waals surface area contributed by atoms with E-state index in [-0.39, 0.29) is 10.9 Å². The molecule has 1 rings (SSSR count). The molecule has 10 heteroatoms. The third-order valence-corrected chi connectivity index (χ3v) is 2.14. The third-order valence-electron chi connectivity index (χ3n) is 1.54. The first kappa shape index (κ1) is 13.6. The Balaban J connectivity index is 3.29. The van der Waals surface area contributed by atoms with Crippen LogP contribution in [-0.2, 0) is 5.33 Å². The van der Waals surface area contributed by atoms with Crippen LogP contribution < -0.4 is 4.74 Å². The van der Waals surface area contributed by atoms with Crippen LogP contribution in [0, 0.1) is 16.1 Å². The number of hydrogen-bond acceptors (Lipinski definition) is 4. The number of ether oxygens (including phenoxy) is 1. The van der Waals surface area contributed by atoms with Gasteiger partial charge in [-0.1, -0.05) is 15.9 Å². The third kappa shape index (κ3) is 3.51. The van der Waals surface area contributed by atoms with Crippen LogP contribution >= 0.6 is 15.9 Å². The first-order chi connectivity index (χ1) is 7.74. The summed E-state index contributed by atoms with van der Waals surface area (Å²) in [6.45, 7) is 0. The maximum Gasteiger partial charge on any atom is 0.573 e. The lowest BCUT2D eigenvalue weighted by Gasteiger charge is -2.09. The van der Waals surface area contributed by atoms with Crippen molar-refractivity contribution in [2.24, 2.45) is 0 Å². The van der Waals surface area contributed by atoms with E-state index in [4.69, 9.17) is 0 Å². The fourth-order valence-corrected chi connectivity index (χ4v) is 1.32. The normalized spacial score (nSPS) is 11.4. The standard InChI is InChI=1S/C7H3BrF4N2O3/c8-2-3-1-4(17-7(10,11)12)6(14(15)16)13-5(3)9/h1H,2H2. The minimum Gasteiger partial charge on any atom is -0.397 e. The summed E-state index contributed by atoms with van der Waals surface area (Å²) >= 11 is 2.80. The number of nitro groups is 1. The van der Waals surface area contributed by atoms with Crippen molar-refractivity contribution in [3.05, 3.63) is 27.7 Å². The van der Waals surface area contributed by atoms with Gasteiger partial charge in [0.05, 0.1) is 0 Å². The average Bonchev–Trinajstić information content (AvgIpc) is 2.17. The largest absolute Gasteiger partial charge is 0.573 e. The summed E-state index contributed by atoms with van der Waals surface area (Å²) in [5.41, 5.74) is -0.283. The van der Waals surface area contributed by atoms with Crippen LogP contribution in [-0.4, -0.2) is 16.3 Å². The van der Waals surface area contributed by atoms with E-state index in [2.05, 4.69) is 25.7 Å². The minimum absolute atomic E-state index is 0.155. The van der Waals surface area contributed by atoms with Crippen molar-refractivity contribution in [2.75, 3.05) is 0 Å². The Morgan fingerprint density at radius 3 is 2.53 bits per heavy atom. The van der Waals surface area contributed by atoms with Crippen molar-refractivity contribution in [3.63, 3.8) is 0 Å². The Labute approximate surface area is 99.7 Å². The molecule has 0 N–H and O–H groups in total. The van der Waals surface area contributed by atoms with Gasteiger partial charge in [0.15, 0.2) is 0 Å². The first-order valence-corrected chi connectivity index (χ1v) is 5.02. The molecule has 1 aromatic heterocycles. The summed E-state index contributed by atoms with van der Waals surface area (Å²) in [4.78, 5) is 11.9. The fraction of sp³-hybridized carbons (Fsp3) is 0.286. The number of aromatic nitrogens is 1. The van der Waals surface area contributed by atoms with Crippen LogP contribution in [0.1, 0.15) is 5.56 Å². The smallest absolute Gasteiger partial charge is 0.397 e. The Bertz CT molecular complexity index is 451. The highest BCUT2D eigenvalue weighted by Gasteiger charge is 2.36. The van der Waals surface area contributed by atoms with Gasteiger partial charge in [-0.25, -0.2) is 0 Å².